The van der Waals surface area contributed by atoms with Crippen molar-refractivity contribution in [3.8, 4) is 11.9 Å². The summed E-state index contributed by atoms with van der Waals surface area (Å²) >= 11 is 6.12. The van der Waals surface area contributed by atoms with Crippen LogP contribution in [0.25, 0.3) is 11.2 Å². The Morgan fingerprint density at radius 3 is 2.38 bits per heavy atom. The smallest absolute Gasteiger partial charge is 0.335 e. The summed E-state index contributed by atoms with van der Waals surface area (Å²) in [4.78, 5) is 63.2. The number of nitriles is 1. The van der Waals surface area contributed by atoms with Gasteiger partial charge >= 0.3 is 32.1 Å². The molecule has 66 heavy (non-hydrogen) atoms. The number of hydrogen-bond acceptors (Lipinski definition) is 20. The van der Waals surface area contributed by atoms with Crippen molar-refractivity contribution in [2.75, 3.05) is 25.1 Å². The van der Waals surface area contributed by atoms with Gasteiger partial charge in [0, 0.05) is 30.5 Å². The van der Waals surface area contributed by atoms with E-state index >= 15 is 0 Å². The second-order valence-corrected chi connectivity index (χ2v) is 30.1. The maximum absolute atomic E-state index is 13.4. The van der Waals surface area contributed by atoms with Gasteiger partial charge in [-0.1, -0.05) is 74.5 Å². The summed E-state index contributed by atoms with van der Waals surface area (Å²) in [6.07, 6.45) is -3.44. The molecule has 5 rings (SSSR count). The highest BCUT2D eigenvalue weighted by atomic mass is 32.5. The van der Waals surface area contributed by atoms with E-state index < -0.39 is 98.8 Å². The number of carbonyl (C=O) groups is 1. The maximum Gasteiger partial charge on any atom is 0.335 e. The molecule has 1 aliphatic heterocycles. The molecule has 9 atom stereocenters. The summed E-state index contributed by atoms with van der Waals surface area (Å²) in [5.74, 6) is -1.39. The summed E-state index contributed by atoms with van der Waals surface area (Å²) in [6, 6.07) is 3.59. The van der Waals surface area contributed by atoms with E-state index in [4.69, 9.17) is 47.9 Å². The monoisotopic (exact) mass is 1020 g/mol. The van der Waals surface area contributed by atoms with E-state index in [1.807, 2.05) is 61.5 Å². The van der Waals surface area contributed by atoms with Crippen LogP contribution in [0.15, 0.2) is 23.4 Å². The quantitative estimate of drug-likeness (QED) is 0.0453. The highest BCUT2D eigenvalue weighted by molar-refractivity contribution is 8.07. The molecule has 5 N–H and O–H groups in total. The van der Waals surface area contributed by atoms with E-state index in [9.17, 15) is 34.2 Å². The predicted molar refractivity (Wildman–Crippen MR) is 247 cm³/mol. The average Bonchev–Trinajstić information content (AvgIpc) is 3.94. The molecule has 2 unspecified atom stereocenters. The molecule has 1 saturated carbocycles. The minimum atomic E-state index is -4.09. The number of ether oxygens (including phenoxy) is 2. The Hall–Kier alpha value is -2.97. The molecule has 368 valence electrons. The van der Waals surface area contributed by atoms with E-state index in [0.29, 0.717) is 0 Å². The van der Waals surface area contributed by atoms with Gasteiger partial charge in [0.05, 0.1) is 38.4 Å². The maximum atomic E-state index is 13.4. The number of aromatic nitrogens is 7. The molecule has 0 radical (unpaired) electrons. The van der Waals surface area contributed by atoms with Gasteiger partial charge in [-0.15, -0.1) is 5.10 Å². The number of amides is 1. The molecule has 28 heteroatoms. The van der Waals surface area contributed by atoms with Gasteiger partial charge in [-0.2, -0.15) is 14.9 Å². The fraction of sp³-hybridized carbons (Fsp3) is 0.737. The molecule has 23 nitrogen and oxygen atoms in total. The lowest BCUT2D eigenvalue weighted by Crippen LogP contribution is -2.62. The normalized spacial score (nSPS) is 24.2. The number of H-pyrrole nitrogens is 1. The molecule has 0 bridgehead atoms. The highest BCUT2D eigenvalue weighted by Gasteiger charge is 2.60. The standard InChI is InChI=1S/C38H63N9O14P2SSi2/c1-21(2)35(49)43-38-42-34-31(36(50)44-38)45-46-47(34)37-33(32(29(18-48)57-37)60-66(24(7)8,25(9)10)61-65(53,22(3)4)23(5)6)59-63(64,54-15-11-13-39)55-19-26-16-27(17-28(26)58-62(51)52)56-30-12-14-40-20-41-30/h12,14,20-29,32-33,37,48,53,62H,11,15-19H2,1-10H3,(H,51,52)(H2,42,43,44,49,50)/t26-,27-,28+,29-,32-,33-,37-,63?/m1/s1. The van der Waals surface area contributed by atoms with E-state index in [1.54, 1.807) is 19.9 Å². The lowest BCUT2D eigenvalue weighted by atomic mass is 10.1. The Bertz CT molecular complexity index is 2260. The molecular weight excluding hydrogens is 957 g/mol. The van der Waals surface area contributed by atoms with Crippen molar-refractivity contribution in [3.63, 3.8) is 0 Å². The molecule has 4 heterocycles. The first kappa shape index (κ1) is 54.0. The largest absolute Gasteiger partial charge is 0.474 e. The fourth-order valence-electron chi connectivity index (χ4n) is 7.95. The number of nitrogens with zero attached hydrogens (tertiary/aromatic N) is 7. The van der Waals surface area contributed by atoms with Crippen LogP contribution in [0.5, 0.6) is 5.88 Å². The molecular formula is C38H63N9O14P2SSi2. The second-order valence-electron chi connectivity index (χ2n) is 17.8. The number of fused-ring (bicyclic) bond motifs is 1. The zero-order valence-electron chi connectivity index (χ0n) is 38.7. The zero-order chi connectivity index (χ0) is 48.7. The fourth-order valence-corrected chi connectivity index (χ4v) is 20.5. The van der Waals surface area contributed by atoms with Crippen molar-refractivity contribution in [1.29, 1.82) is 5.26 Å². The number of hydrogen-bond donors (Lipinski definition) is 5. The number of aliphatic hydroxyl groups excluding tert-OH is 1. The highest BCUT2D eigenvalue weighted by Crippen LogP contribution is 2.56. The molecule has 0 spiro atoms. The van der Waals surface area contributed by atoms with Crippen LogP contribution in [-0.4, -0.2) is 123 Å². The zero-order valence-corrected chi connectivity index (χ0v) is 43.4. The number of rotatable bonds is 24. The third-order valence-electron chi connectivity index (χ3n) is 11.6. The summed E-state index contributed by atoms with van der Waals surface area (Å²) < 4.78 is 65.0. The molecule has 1 aliphatic carbocycles. The Morgan fingerprint density at radius 1 is 1.11 bits per heavy atom. The first-order valence-electron chi connectivity index (χ1n) is 21.9. The lowest BCUT2D eigenvalue weighted by molar-refractivity contribution is -0.118. The van der Waals surface area contributed by atoms with Gasteiger partial charge in [-0.05, 0) is 40.4 Å². The Morgan fingerprint density at radius 2 is 1.80 bits per heavy atom. The third kappa shape index (κ3) is 12.6. The van der Waals surface area contributed by atoms with Crippen LogP contribution >= 0.6 is 15.0 Å². The topological polar surface area (TPSA) is 307 Å². The van der Waals surface area contributed by atoms with Gasteiger partial charge in [0.25, 0.3) is 5.56 Å². The molecule has 1 amide bonds. The molecule has 2 fully saturated rings. The van der Waals surface area contributed by atoms with Crippen LogP contribution in [0.3, 0.4) is 0 Å². The summed E-state index contributed by atoms with van der Waals surface area (Å²) in [7, 11) is -10.6. The van der Waals surface area contributed by atoms with Gasteiger partial charge in [-0.25, -0.2) is 9.97 Å². The van der Waals surface area contributed by atoms with Gasteiger partial charge in [0.2, 0.25) is 17.7 Å². The number of anilines is 1. The minimum Gasteiger partial charge on any atom is -0.474 e. The van der Waals surface area contributed by atoms with Crippen LogP contribution in [-0.2, 0) is 52.5 Å². The molecule has 3 aromatic rings. The van der Waals surface area contributed by atoms with E-state index in [0.717, 1.165) is 4.68 Å². The third-order valence-corrected chi connectivity index (χ3v) is 24.2. The first-order chi connectivity index (χ1) is 31.1. The van der Waals surface area contributed by atoms with E-state index in [2.05, 4.69) is 35.6 Å². The number of aromatic amines is 1. The van der Waals surface area contributed by atoms with E-state index in [-0.39, 0.29) is 77.6 Å². The van der Waals surface area contributed by atoms with E-state index in [1.165, 1.54) is 12.5 Å². The number of carbonyl (C=O) groups excluding carboxylic acids is 1. The van der Waals surface area contributed by atoms with Crippen LogP contribution in [0.2, 0.25) is 22.2 Å². The summed E-state index contributed by atoms with van der Waals surface area (Å²) in [6.45, 7) is 13.5. The molecule has 0 aromatic carbocycles. The second kappa shape index (κ2) is 23.1. The first-order valence-corrected chi connectivity index (χ1v) is 29.7. The number of aliphatic hydroxyl groups is 1. The van der Waals surface area contributed by atoms with Crippen molar-refractivity contribution in [3.05, 3.63) is 28.9 Å². The van der Waals surface area contributed by atoms with Crippen molar-refractivity contribution < 1.29 is 60.3 Å². The predicted octanol–water partition coefficient (Wildman–Crippen LogP) is 4.89. The van der Waals surface area contributed by atoms with Crippen molar-refractivity contribution in [2.45, 2.75) is 147 Å². The van der Waals surface area contributed by atoms with Crippen molar-refractivity contribution >= 4 is 66.9 Å². The summed E-state index contributed by atoms with van der Waals surface area (Å²) in [5.41, 5.74) is -2.18. The average molecular weight is 1020 g/mol. The Balaban J connectivity index is 1.62. The molecule has 3 aromatic heterocycles. The van der Waals surface area contributed by atoms with Gasteiger partial charge in [0.15, 0.2) is 17.4 Å². The molecule has 2 aliphatic rings. The van der Waals surface area contributed by atoms with Gasteiger partial charge in [0.1, 0.15) is 30.7 Å². The van der Waals surface area contributed by atoms with Crippen molar-refractivity contribution in [1.82, 2.24) is 34.9 Å². The van der Waals surface area contributed by atoms with Gasteiger partial charge in [-0.3, -0.25) is 29.0 Å². The Labute approximate surface area is 391 Å². The van der Waals surface area contributed by atoms with Crippen LogP contribution < -0.4 is 15.6 Å². The van der Waals surface area contributed by atoms with Gasteiger partial charge < -0.3 is 46.4 Å². The Kier molecular flexibility index (Phi) is 18.9. The minimum absolute atomic E-state index is 0.116. The van der Waals surface area contributed by atoms with Crippen LogP contribution in [0.4, 0.5) is 5.95 Å². The molecule has 1 saturated heterocycles. The summed E-state index contributed by atoms with van der Waals surface area (Å²) in [5, 5.41) is 31.5. The van der Waals surface area contributed by atoms with Crippen LogP contribution in [0.1, 0.15) is 94.7 Å². The lowest BCUT2D eigenvalue weighted by Gasteiger charge is -2.47. The van der Waals surface area contributed by atoms with Crippen LogP contribution in [0, 0.1) is 23.2 Å². The SMILES string of the molecule is CC(C)C(=O)Nc1nc2c(nnn2[C@@H]2O[C@H](CO)[C@@H](O[Si](O[Si](O)(C(C)C)C(C)C)(C(C)C)C(C)C)[C@H]2OP(=S)(OCCC#N)OC[C@H]2C[C@@H](Oc3ccncn3)C[C@@H]2O[PH](=O)O)c(=O)[nH]1. The van der Waals surface area contributed by atoms with Crippen molar-refractivity contribution in [2.24, 2.45) is 11.8 Å². The number of nitrogens with one attached hydrogen (secondary N) is 2.